The Kier molecular flexibility index (Phi) is 3.01. The molecule has 2 heterocycles. The molecule has 0 aromatic carbocycles. The maximum Gasteiger partial charge on any atom is 0.266 e. The van der Waals surface area contributed by atoms with E-state index in [0.717, 1.165) is 38.8 Å². The van der Waals surface area contributed by atoms with Crippen molar-refractivity contribution in [1.29, 1.82) is 0 Å². The molecule has 1 aromatic rings. The number of aliphatic hydroxyl groups excluding tert-OH is 1. The molecular weight excluding hydrogens is 218 g/mol. The van der Waals surface area contributed by atoms with Crippen LogP contribution in [0.15, 0.2) is 4.52 Å². The van der Waals surface area contributed by atoms with Crippen LogP contribution in [0.3, 0.4) is 0 Å². The molecule has 1 aliphatic carbocycles. The summed E-state index contributed by atoms with van der Waals surface area (Å²) < 4.78 is 5.32. The highest BCUT2D eigenvalue weighted by atomic mass is 16.5. The molecule has 2 atom stereocenters. The number of aliphatic hydroxyl groups is 1. The van der Waals surface area contributed by atoms with Crippen molar-refractivity contribution >= 4 is 5.95 Å². The Labute approximate surface area is 101 Å². The van der Waals surface area contributed by atoms with Gasteiger partial charge in [0, 0.05) is 13.1 Å². The van der Waals surface area contributed by atoms with E-state index in [0.29, 0.717) is 11.8 Å². The van der Waals surface area contributed by atoms with E-state index in [-0.39, 0.29) is 12.0 Å². The van der Waals surface area contributed by atoms with Crippen LogP contribution in [-0.2, 0) is 0 Å². The summed E-state index contributed by atoms with van der Waals surface area (Å²) in [5, 5.41) is 14.0. The minimum absolute atomic E-state index is 0.0487. The first-order valence-electron chi connectivity index (χ1n) is 6.61. The van der Waals surface area contributed by atoms with Crippen molar-refractivity contribution < 1.29 is 9.63 Å². The second kappa shape index (κ2) is 4.64. The molecule has 0 spiro atoms. The van der Waals surface area contributed by atoms with E-state index in [1.54, 1.807) is 0 Å². The van der Waals surface area contributed by atoms with Crippen LogP contribution in [0.4, 0.5) is 5.95 Å². The van der Waals surface area contributed by atoms with Gasteiger partial charge in [0.05, 0.1) is 12.0 Å². The molecule has 94 valence electrons. The van der Waals surface area contributed by atoms with Gasteiger partial charge >= 0.3 is 0 Å². The molecule has 5 heteroatoms. The third-order valence-electron chi connectivity index (χ3n) is 3.87. The number of rotatable bonds is 2. The van der Waals surface area contributed by atoms with Crippen molar-refractivity contribution in [1.82, 2.24) is 10.1 Å². The maximum absolute atomic E-state index is 9.96. The van der Waals surface area contributed by atoms with Gasteiger partial charge in [-0.3, -0.25) is 0 Å². The van der Waals surface area contributed by atoms with Crippen molar-refractivity contribution in [2.45, 2.75) is 50.5 Å². The number of hydrogen-bond acceptors (Lipinski definition) is 5. The maximum atomic E-state index is 9.96. The first-order valence-corrected chi connectivity index (χ1v) is 6.61. The highest BCUT2D eigenvalue weighted by Gasteiger charge is 2.30. The Morgan fingerprint density at radius 1 is 1.12 bits per heavy atom. The molecule has 1 aliphatic heterocycles. The van der Waals surface area contributed by atoms with Gasteiger partial charge in [0.1, 0.15) is 0 Å². The monoisotopic (exact) mass is 237 g/mol. The molecule has 1 saturated heterocycles. The molecule has 17 heavy (non-hydrogen) atoms. The molecule has 1 saturated carbocycles. The third kappa shape index (κ3) is 2.16. The van der Waals surface area contributed by atoms with Crippen LogP contribution in [0.5, 0.6) is 0 Å². The van der Waals surface area contributed by atoms with Gasteiger partial charge in [0.2, 0.25) is 5.89 Å². The smallest absolute Gasteiger partial charge is 0.266 e. The van der Waals surface area contributed by atoms with Gasteiger partial charge in [-0.1, -0.05) is 12.8 Å². The minimum Gasteiger partial charge on any atom is -0.392 e. The van der Waals surface area contributed by atoms with Gasteiger partial charge in [-0.25, -0.2) is 0 Å². The van der Waals surface area contributed by atoms with Crippen molar-refractivity contribution in [3.8, 4) is 0 Å². The summed E-state index contributed by atoms with van der Waals surface area (Å²) in [5.41, 5.74) is 0. The molecule has 3 rings (SSSR count). The lowest BCUT2D eigenvalue weighted by Gasteiger charge is -2.24. The van der Waals surface area contributed by atoms with Crippen LogP contribution < -0.4 is 4.90 Å². The highest BCUT2D eigenvalue weighted by molar-refractivity contribution is 5.29. The molecule has 1 aromatic heterocycles. The van der Waals surface area contributed by atoms with Crippen LogP contribution in [0.1, 0.15) is 50.3 Å². The van der Waals surface area contributed by atoms with Crippen molar-refractivity contribution in [2.24, 2.45) is 0 Å². The Bertz CT molecular complexity index is 374. The molecule has 2 aliphatic rings. The van der Waals surface area contributed by atoms with E-state index in [1.807, 2.05) is 0 Å². The number of hydrogen-bond donors (Lipinski definition) is 1. The lowest BCUT2D eigenvalue weighted by atomic mass is 9.86. The Morgan fingerprint density at radius 2 is 1.88 bits per heavy atom. The van der Waals surface area contributed by atoms with Crippen molar-refractivity contribution in [2.75, 3.05) is 18.0 Å². The van der Waals surface area contributed by atoms with E-state index in [1.165, 1.54) is 12.8 Å². The number of aromatic nitrogens is 2. The van der Waals surface area contributed by atoms with Gasteiger partial charge in [0.15, 0.2) is 0 Å². The summed E-state index contributed by atoms with van der Waals surface area (Å²) in [4.78, 5) is 6.61. The zero-order valence-corrected chi connectivity index (χ0v) is 10.0. The lowest BCUT2D eigenvalue weighted by Crippen LogP contribution is -2.23. The van der Waals surface area contributed by atoms with Gasteiger partial charge in [0.25, 0.3) is 5.95 Å². The lowest BCUT2D eigenvalue weighted by molar-refractivity contribution is 0.0908. The van der Waals surface area contributed by atoms with E-state index < -0.39 is 0 Å². The normalized spacial score (nSPS) is 29.8. The summed E-state index contributed by atoms with van der Waals surface area (Å²) in [6, 6.07) is 0. The quantitative estimate of drug-likeness (QED) is 0.848. The van der Waals surface area contributed by atoms with Crippen LogP contribution in [0.2, 0.25) is 0 Å². The van der Waals surface area contributed by atoms with E-state index >= 15 is 0 Å². The SMILES string of the molecule is OC1CCCCC1c1nc(N2CCCC2)no1. The van der Waals surface area contributed by atoms with Gasteiger partial charge in [-0.2, -0.15) is 4.98 Å². The van der Waals surface area contributed by atoms with E-state index in [4.69, 9.17) is 4.52 Å². The minimum atomic E-state index is -0.310. The van der Waals surface area contributed by atoms with Crippen LogP contribution in [-0.4, -0.2) is 34.4 Å². The molecule has 5 nitrogen and oxygen atoms in total. The zero-order chi connectivity index (χ0) is 11.7. The molecule has 0 amide bonds. The summed E-state index contributed by atoms with van der Waals surface area (Å²) in [7, 11) is 0. The first kappa shape index (κ1) is 11.0. The number of nitrogens with zero attached hydrogens (tertiary/aromatic N) is 3. The standard InChI is InChI=1S/C12H19N3O2/c16-10-6-2-1-5-9(10)11-13-12(14-17-11)15-7-3-4-8-15/h9-10,16H,1-8H2. The van der Waals surface area contributed by atoms with E-state index in [9.17, 15) is 5.11 Å². The molecule has 1 N–H and O–H groups in total. The largest absolute Gasteiger partial charge is 0.392 e. The number of anilines is 1. The summed E-state index contributed by atoms with van der Waals surface area (Å²) >= 11 is 0. The predicted octanol–water partition coefficient (Wildman–Crippen LogP) is 1.69. The van der Waals surface area contributed by atoms with Crippen LogP contribution in [0.25, 0.3) is 0 Å². The summed E-state index contributed by atoms with van der Waals surface area (Å²) in [6.07, 6.45) is 6.16. The molecule has 0 bridgehead atoms. The highest BCUT2D eigenvalue weighted by Crippen LogP contribution is 2.33. The summed E-state index contributed by atoms with van der Waals surface area (Å²) in [6.45, 7) is 2.04. The Balaban J connectivity index is 1.74. The third-order valence-corrected chi connectivity index (χ3v) is 3.87. The van der Waals surface area contributed by atoms with Crippen molar-refractivity contribution in [3.63, 3.8) is 0 Å². The fourth-order valence-electron chi connectivity index (χ4n) is 2.82. The van der Waals surface area contributed by atoms with Gasteiger partial charge in [-0.05, 0) is 30.8 Å². The molecular formula is C12H19N3O2. The average Bonchev–Trinajstić information content (AvgIpc) is 3.00. The second-order valence-corrected chi connectivity index (χ2v) is 5.09. The van der Waals surface area contributed by atoms with Gasteiger partial charge < -0.3 is 14.5 Å². The van der Waals surface area contributed by atoms with Crippen LogP contribution in [0, 0.1) is 0 Å². The average molecular weight is 237 g/mol. The second-order valence-electron chi connectivity index (χ2n) is 5.09. The Morgan fingerprint density at radius 3 is 2.65 bits per heavy atom. The molecule has 2 fully saturated rings. The van der Waals surface area contributed by atoms with Crippen LogP contribution >= 0.6 is 0 Å². The van der Waals surface area contributed by atoms with E-state index in [2.05, 4.69) is 15.0 Å². The van der Waals surface area contributed by atoms with Gasteiger partial charge in [-0.15, -0.1) is 0 Å². The predicted molar refractivity (Wildman–Crippen MR) is 63.0 cm³/mol. The topological polar surface area (TPSA) is 62.4 Å². The summed E-state index contributed by atoms with van der Waals surface area (Å²) in [5.74, 6) is 1.38. The van der Waals surface area contributed by atoms with Crippen molar-refractivity contribution in [3.05, 3.63) is 5.89 Å². The zero-order valence-electron chi connectivity index (χ0n) is 10.0. The molecule has 0 radical (unpaired) electrons. The molecule has 2 unspecified atom stereocenters. The fourth-order valence-corrected chi connectivity index (χ4v) is 2.82. The first-order chi connectivity index (χ1) is 8.34. The fraction of sp³-hybridized carbons (Fsp3) is 0.833. The Hall–Kier alpha value is -1.10.